The van der Waals surface area contributed by atoms with E-state index in [1.165, 1.54) is 0 Å². The van der Waals surface area contributed by atoms with Gasteiger partial charge in [0.15, 0.2) is 0 Å². The highest BCUT2D eigenvalue weighted by atomic mass is 19.1. The van der Waals surface area contributed by atoms with Gasteiger partial charge >= 0.3 is 0 Å². The molecule has 1 aromatic carbocycles. The molecule has 1 unspecified atom stereocenters. The van der Waals surface area contributed by atoms with Crippen molar-refractivity contribution in [2.45, 2.75) is 32.8 Å². The summed E-state index contributed by atoms with van der Waals surface area (Å²) in [6.07, 6.45) is 2.20. The summed E-state index contributed by atoms with van der Waals surface area (Å²) < 4.78 is 13.9. The number of pyridine rings is 1. The lowest BCUT2D eigenvalue weighted by Gasteiger charge is -2.13. The van der Waals surface area contributed by atoms with Crippen molar-refractivity contribution >= 4 is 0 Å². The summed E-state index contributed by atoms with van der Waals surface area (Å²) in [5.41, 5.74) is 2.80. The van der Waals surface area contributed by atoms with Gasteiger partial charge in [0, 0.05) is 23.9 Å². The second-order valence-electron chi connectivity index (χ2n) is 4.71. The molecule has 0 aliphatic rings. The molecule has 0 saturated carbocycles. The lowest BCUT2D eigenvalue weighted by Crippen LogP contribution is -2.06. The molecule has 2 nitrogen and oxygen atoms in total. The van der Waals surface area contributed by atoms with Crippen molar-refractivity contribution in [1.29, 1.82) is 0 Å². The van der Waals surface area contributed by atoms with Crippen LogP contribution in [0.1, 0.15) is 35.4 Å². The molecule has 0 amide bonds. The molecule has 1 N–H and O–H groups in total. The highest BCUT2D eigenvalue weighted by Gasteiger charge is 2.15. The van der Waals surface area contributed by atoms with Crippen molar-refractivity contribution in [3.05, 3.63) is 64.7 Å². The summed E-state index contributed by atoms with van der Waals surface area (Å²) >= 11 is 0. The smallest absolute Gasteiger partial charge is 0.131 e. The summed E-state index contributed by atoms with van der Waals surface area (Å²) in [7, 11) is 0. The van der Waals surface area contributed by atoms with Gasteiger partial charge in [-0.25, -0.2) is 4.39 Å². The number of hydrogen-bond acceptors (Lipinski definition) is 2. The van der Waals surface area contributed by atoms with Crippen LogP contribution in [0.3, 0.4) is 0 Å². The number of hydrogen-bond donors (Lipinski definition) is 1. The van der Waals surface area contributed by atoms with Crippen molar-refractivity contribution in [2.75, 3.05) is 0 Å². The highest BCUT2D eigenvalue weighted by molar-refractivity contribution is 5.27. The van der Waals surface area contributed by atoms with E-state index in [4.69, 9.17) is 0 Å². The van der Waals surface area contributed by atoms with E-state index >= 15 is 0 Å². The molecule has 0 saturated heterocycles. The zero-order valence-corrected chi connectivity index (χ0v) is 11.2. The van der Waals surface area contributed by atoms with Crippen molar-refractivity contribution in [3.8, 4) is 0 Å². The maximum absolute atomic E-state index is 13.9. The first-order chi connectivity index (χ1) is 9.11. The third-order valence-electron chi connectivity index (χ3n) is 3.28. The molecule has 0 fully saturated rings. The summed E-state index contributed by atoms with van der Waals surface area (Å²) in [6.45, 7) is 3.76. The molecule has 1 heterocycles. The predicted octanol–water partition coefficient (Wildman–Crippen LogP) is 3.37. The van der Waals surface area contributed by atoms with Crippen molar-refractivity contribution < 1.29 is 9.50 Å². The fraction of sp³-hybridized carbons (Fsp3) is 0.312. The number of aliphatic hydroxyl groups is 1. The third-order valence-corrected chi connectivity index (χ3v) is 3.28. The quantitative estimate of drug-likeness (QED) is 0.913. The Morgan fingerprint density at radius 2 is 2.05 bits per heavy atom. The summed E-state index contributed by atoms with van der Waals surface area (Å²) in [6, 6.07) is 8.94. The van der Waals surface area contributed by atoms with Crippen LogP contribution < -0.4 is 0 Å². The average molecular weight is 259 g/mol. The first-order valence-electron chi connectivity index (χ1n) is 6.48. The van der Waals surface area contributed by atoms with E-state index in [1.54, 1.807) is 31.3 Å². The van der Waals surface area contributed by atoms with Gasteiger partial charge in [0.1, 0.15) is 5.82 Å². The summed E-state index contributed by atoms with van der Waals surface area (Å²) in [5.74, 6) is -0.333. The second-order valence-corrected chi connectivity index (χ2v) is 4.71. The van der Waals surface area contributed by atoms with E-state index in [0.29, 0.717) is 17.5 Å². The Morgan fingerprint density at radius 3 is 2.68 bits per heavy atom. The third kappa shape index (κ3) is 3.18. The zero-order chi connectivity index (χ0) is 13.8. The Balaban J connectivity index is 2.15. The van der Waals surface area contributed by atoms with Gasteiger partial charge in [0.2, 0.25) is 0 Å². The molecule has 1 aromatic heterocycles. The van der Waals surface area contributed by atoms with E-state index in [9.17, 15) is 9.50 Å². The van der Waals surface area contributed by atoms with Crippen LogP contribution in [0.4, 0.5) is 4.39 Å². The molecule has 0 aliphatic heterocycles. The lowest BCUT2D eigenvalue weighted by atomic mass is 10.0. The van der Waals surface area contributed by atoms with Gasteiger partial charge < -0.3 is 5.11 Å². The number of nitrogens with zero attached hydrogens (tertiary/aromatic N) is 1. The van der Waals surface area contributed by atoms with Crippen molar-refractivity contribution in [3.63, 3.8) is 0 Å². The molecular weight excluding hydrogens is 241 g/mol. The van der Waals surface area contributed by atoms with Gasteiger partial charge in [0.05, 0.1) is 6.10 Å². The Hall–Kier alpha value is -1.74. The molecule has 19 heavy (non-hydrogen) atoms. The first-order valence-corrected chi connectivity index (χ1v) is 6.48. The number of halogens is 1. The van der Waals surface area contributed by atoms with Gasteiger partial charge in [0.25, 0.3) is 0 Å². The second kappa shape index (κ2) is 5.93. The van der Waals surface area contributed by atoms with E-state index in [0.717, 1.165) is 17.7 Å². The Bertz CT molecular complexity index is 551. The molecule has 0 bridgehead atoms. The van der Waals surface area contributed by atoms with Crippen LogP contribution in [0.5, 0.6) is 0 Å². The van der Waals surface area contributed by atoms with Crippen LogP contribution in [-0.2, 0) is 12.8 Å². The minimum atomic E-state index is -0.861. The topological polar surface area (TPSA) is 33.1 Å². The molecule has 0 aliphatic carbocycles. The fourth-order valence-corrected chi connectivity index (χ4v) is 2.02. The fourth-order valence-electron chi connectivity index (χ4n) is 2.02. The molecule has 3 heteroatoms. The number of aliphatic hydroxyl groups excluding tert-OH is 1. The SMILES string of the molecule is CCc1ccc(CC(O)c2cccc(C)c2F)nc1. The molecule has 2 rings (SSSR count). The van der Waals surface area contributed by atoms with Crippen molar-refractivity contribution in [1.82, 2.24) is 4.98 Å². The number of aryl methyl sites for hydroxylation is 2. The van der Waals surface area contributed by atoms with Crippen LogP contribution >= 0.6 is 0 Å². The Morgan fingerprint density at radius 1 is 1.26 bits per heavy atom. The lowest BCUT2D eigenvalue weighted by molar-refractivity contribution is 0.172. The van der Waals surface area contributed by atoms with Gasteiger partial charge in [-0.15, -0.1) is 0 Å². The largest absolute Gasteiger partial charge is 0.388 e. The number of aromatic nitrogens is 1. The maximum Gasteiger partial charge on any atom is 0.131 e. The summed E-state index contributed by atoms with van der Waals surface area (Å²) in [4.78, 5) is 4.28. The standard InChI is InChI=1S/C16H18FNO/c1-3-12-7-8-13(18-10-12)9-15(19)14-6-4-5-11(2)16(14)17/h4-8,10,15,19H,3,9H2,1-2H3. The van der Waals surface area contributed by atoms with Gasteiger partial charge in [-0.2, -0.15) is 0 Å². The normalized spacial score (nSPS) is 12.4. The Labute approximate surface area is 112 Å². The molecule has 1 atom stereocenters. The zero-order valence-electron chi connectivity index (χ0n) is 11.2. The molecule has 0 radical (unpaired) electrons. The van der Waals surface area contributed by atoms with E-state index in [2.05, 4.69) is 11.9 Å². The van der Waals surface area contributed by atoms with Crippen LogP contribution in [-0.4, -0.2) is 10.1 Å². The first kappa shape index (κ1) is 13.7. The highest BCUT2D eigenvalue weighted by Crippen LogP contribution is 2.22. The van der Waals surface area contributed by atoms with Crippen LogP contribution in [0.25, 0.3) is 0 Å². The maximum atomic E-state index is 13.9. The minimum absolute atomic E-state index is 0.324. The summed E-state index contributed by atoms with van der Waals surface area (Å²) in [5, 5.41) is 10.1. The predicted molar refractivity (Wildman–Crippen MR) is 73.4 cm³/mol. The molecule has 0 spiro atoms. The van der Waals surface area contributed by atoms with E-state index in [1.807, 2.05) is 12.1 Å². The number of rotatable bonds is 4. The van der Waals surface area contributed by atoms with Gasteiger partial charge in [-0.05, 0) is 30.5 Å². The number of benzene rings is 1. The van der Waals surface area contributed by atoms with Gasteiger partial charge in [-0.3, -0.25) is 4.98 Å². The van der Waals surface area contributed by atoms with E-state index in [-0.39, 0.29) is 5.82 Å². The van der Waals surface area contributed by atoms with Crippen LogP contribution in [0, 0.1) is 12.7 Å². The molecule has 2 aromatic rings. The van der Waals surface area contributed by atoms with E-state index < -0.39 is 6.10 Å². The average Bonchev–Trinajstić information content (AvgIpc) is 2.42. The van der Waals surface area contributed by atoms with Gasteiger partial charge in [-0.1, -0.05) is 31.2 Å². The Kier molecular flexibility index (Phi) is 4.27. The van der Waals surface area contributed by atoms with Crippen LogP contribution in [0.2, 0.25) is 0 Å². The van der Waals surface area contributed by atoms with Crippen molar-refractivity contribution in [2.24, 2.45) is 0 Å². The minimum Gasteiger partial charge on any atom is -0.388 e. The monoisotopic (exact) mass is 259 g/mol. The molecule has 100 valence electrons. The van der Waals surface area contributed by atoms with Crippen LogP contribution in [0.15, 0.2) is 36.5 Å². The molecular formula is C16H18FNO.